The van der Waals surface area contributed by atoms with E-state index in [1.807, 2.05) is 54.9 Å². The van der Waals surface area contributed by atoms with Crippen LogP contribution in [0.15, 0.2) is 59.1 Å². The predicted molar refractivity (Wildman–Crippen MR) is 105 cm³/mol. The molecule has 4 aromatic rings. The number of nitrogens with zero attached hydrogens (tertiary/aromatic N) is 3. The predicted octanol–water partition coefficient (Wildman–Crippen LogP) is 4.82. The summed E-state index contributed by atoms with van der Waals surface area (Å²) in [6, 6.07) is 13.6. The highest BCUT2D eigenvalue weighted by Crippen LogP contribution is 2.35. The Kier molecular flexibility index (Phi) is 4.19. The van der Waals surface area contributed by atoms with Crippen molar-refractivity contribution in [3.8, 4) is 17.2 Å². The summed E-state index contributed by atoms with van der Waals surface area (Å²) in [5.74, 6) is 0. The molecule has 0 bridgehead atoms. The molecule has 6 heteroatoms. The Morgan fingerprint density at radius 1 is 1.15 bits per heavy atom. The molecule has 0 aliphatic heterocycles. The summed E-state index contributed by atoms with van der Waals surface area (Å²) in [5, 5.41) is 12.1. The zero-order valence-corrected chi connectivity index (χ0v) is 15.9. The second kappa shape index (κ2) is 6.52. The summed E-state index contributed by atoms with van der Waals surface area (Å²) < 4.78 is 14.9. The highest BCUT2D eigenvalue weighted by atomic mass is 32.2. The number of fused-ring (bicyclic) bond motifs is 1. The van der Waals surface area contributed by atoms with Crippen LogP contribution in [0.25, 0.3) is 22.2 Å². The van der Waals surface area contributed by atoms with Gasteiger partial charge in [-0.15, -0.1) is 11.3 Å². The van der Waals surface area contributed by atoms with Gasteiger partial charge < -0.3 is 0 Å². The minimum atomic E-state index is -1.41. The lowest BCUT2D eigenvalue weighted by Gasteiger charge is -2.05. The van der Waals surface area contributed by atoms with E-state index in [0.29, 0.717) is 16.1 Å². The molecule has 1 unspecified atom stereocenters. The second-order valence-electron chi connectivity index (χ2n) is 6.03. The number of rotatable bonds is 3. The van der Waals surface area contributed by atoms with E-state index < -0.39 is 11.0 Å². The van der Waals surface area contributed by atoms with Crippen LogP contribution in [-0.2, 0) is 11.0 Å². The van der Waals surface area contributed by atoms with Crippen molar-refractivity contribution in [2.75, 3.05) is 0 Å². The highest BCUT2D eigenvalue weighted by Gasteiger charge is 2.18. The Balaban J connectivity index is 1.96. The molecular formula is C20H15N3OS2. The fourth-order valence-corrected chi connectivity index (χ4v) is 4.73. The molecule has 1 atom stereocenters. The lowest BCUT2D eigenvalue weighted by Crippen LogP contribution is -2.04. The van der Waals surface area contributed by atoms with E-state index in [0.717, 1.165) is 22.1 Å². The number of nitriles is 1. The fourth-order valence-electron chi connectivity index (χ4n) is 2.91. The molecule has 4 nitrogen and oxygen atoms in total. The monoisotopic (exact) mass is 377 g/mol. The minimum absolute atomic E-state index is 0.491. The average molecular weight is 377 g/mol. The number of hydrogen-bond acceptors (Lipinski definition) is 4. The first kappa shape index (κ1) is 16.7. The summed E-state index contributed by atoms with van der Waals surface area (Å²) in [5.41, 5.74) is 4.25. The number of benzene rings is 1. The third-order valence-corrected chi connectivity index (χ3v) is 6.45. The molecule has 0 aliphatic rings. The smallest absolute Gasteiger partial charge is 0.158 e. The Labute approximate surface area is 158 Å². The van der Waals surface area contributed by atoms with Crippen LogP contribution >= 0.6 is 11.3 Å². The van der Waals surface area contributed by atoms with E-state index in [9.17, 15) is 9.47 Å². The first-order valence-electron chi connectivity index (χ1n) is 8.03. The van der Waals surface area contributed by atoms with Crippen molar-refractivity contribution in [1.29, 1.82) is 5.26 Å². The van der Waals surface area contributed by atoms with Gasteiger partial charge in [-0.3, -0.25) is 0 Å². The van der Waals surface area contributed by atoms with E-state index in [1.54, 1.807) is 15.3 Å². The zero-order chi connectivity index (χ0) is 18.3. The molecule has 1 aromatic carbocycles. The molecule has 0 amide bonds. The van der Waals surface area contributed by atoms with E-state index in [-0.39, 0.29) is 0 Å². The van der Waals surface area contributed by atoms with Gasteiger partial charge in [0.25, 0.3) is 0 Å². The Morgan fingerprint density at radius 2 is 1.92 bits per heavy atom. The van der Waals surface area contributed by atoms with Crippen LogP contribution in [0, 0.1) is 25.2 Å². The lowest BCUT2D eigenvalue weighted by atomic mass is 10.1. The molecule has 0 aliphatic carbocycles. The molecule has 0 fully saturated rings. The quantitative estimate of drug-likeness (QED) is 0.514. The molecule has 0 saturated heterocycles. The van der Waals surface area contributed by atoms with E-state index in [1.165, 1.54) is 11.1 Å². The van der Waals surface area contributed by atoms with Gasteiger partial charge in [0.2, 0.25) is 0 Å². The van der Waals surface area contributed by atoms with Crippen molar-refractivity contribution in [3.63, 3.8) is 0 Å². The largest absolute Gasteiger partial charge is 0.245 e. The molecule has 3 aromatic heterocycles. The van der Waals surface area contributed by atoms with Gasteiger partial charge >= 0.3 is 0 Å². The maximum atomic E-state index is 13.2. The fraction of sp³-hybridized carbons (Fsp3) is 0.100. The average Bonchev–Trinajstić information content (AvgIpc) is 3.24. The highest BCUT2D eigenvalue weighted by molar-refractivity contribution is 7.83. The SMILES string of the molecule is Cc1ccc(S(=O)n2cc(-c3ccsc3C)c3cc(C#N)cnc32)cc1. The summed E-state index contributed by atoms with van der Waals surface area (Å²) in [6.45, 7) is 4.06. The zero-order valence-electron chi connectivity index (χ0n) is 14.3. The summed E-state index contributed by atoms with van der Waals surface area (Å²) in [4.78, 5) is 6.32. The summed E-state index contributed by atoms with van der Waals surface area (Å²) in [7, 11) is -1.41. The molecule has 26 heavy (non-hydrogen) atoms. The first-order chi connectivity index (χ1) is 12.6. The maximum absolute atomic E-state index is 13.2. The van der Waals surface area contributed by atoms with Gasteiger partial charge in [0.1, 0.15) is 6.07 Å². The van der Waals surface area contributed by atoms with Gasteiger partial charge in [-0.05, 0) is 49.1 Å². The molecular weight excluding hydrogens is 362 g/mol. The Bertz CT molecular complexity index is 1180. The third kappa shape index (κ3) is 2.75. The standard InChI is InChI=1S/C20H15N3OS2/c1-13-3-5-16(6-4-13)26(24)23-12-19(17-7-8-25-14(17)2)18-9-15(10-21)11-22-20(18)23/h3-9,11-12H,1-2H3. The van der Waals surface area contributed by atoms with Gasteiger partial charge in [-0.1, -0.05) is 17.7 Å². The van der Waals surface area contributed by atoms with Gasteiger partial charge in [0.05, 0.1) is 10.5 Å². The van der Waals surface area contributed by atoms with Crippen LogP contribution in [0.3, 0.4) is 0 Å². The topological polar surface area (TPSA) is 58.7 Å². The normalized spacial score (nSPS) is 12.2. The van der Waals surface area contributed by atoms with E-state index >= 15 is 0 Å². The first-order valence-corrected chi connectivity index (χ1v) is 10.0. The van der Waals surface area contributed by atoms with Crippen molar-refractivity contribution >= 4 is 33.4 Å². The van der Waals surface area contributed by atoms with Crippen molar-refractivity contribution in [3.05, 3.63) is 70.2 Å². The molecule has 0 N–H and O–H groups in total. The molecule has 4 rings (SSSR count). The number of aryl methyl sites for hydroxylation is 2. The number of hydrogen-bond donors (Lipinski definition) is 0. The van der Waals surface area contributed by atoms with E-state index in [2.05, 4.69) is 18.0 Å². The maximum Gasteiger partial charge on any atom is 0.158 e. The van der Waals surface area contributed by atoms with Crippen molar-refractivity contribution in [2.45, 2.75) is 18.7 Å². The molecule has 0 saturated carbocycles. The van der Waals surface area contributed by atoms with E-state index in [4.69, 9.17) is 0 Å². The third-order valence-electron chi connectivity index (χ3n) is 4.29. The van der Waals surface area contributed by atoms with Crippen LogP contribution in [0.4, 0.5) is 0 Å². The van der Waals surface area contributed by atoms with Gasteiger partial charge in [-0.25, -0.2) is 13.2 Å². The van der Waals surface area contributed by atoms with Crippen LogP contribution < -0.4 is 0 Å². The van der Waals surface area contributed by atoms with Crippen LogP contribution in [0.2, 0.25) is 0 Å². The number of aromatic nitrogens is 2. The van der Waals surface area contributed by atoms with Crippen molar-refractivity contribution in [2.24, 2.45) is 0 Å². The van der Waals surface area contributed by atoms with Crippen LogP contribution in [0.1, 0.15) is 16.0 Å². The summed E-state index contributed by atoms with van der Waals surface area (Å²) >= 11 is 1.66. The van der Waals surface area contributed by atoms with Crippen LogP contribution in [0.5, 0.6) is 0 Å². The molecule has 0 radical (unpaired) electrons. The van der Waals surface area contributed by atoms with Crippen molar-refractivity contribution in [1.82, 2.24) is 8.96 Å². The van der Waals surface area contributed by atoms with Gasteiger partial charge in [0, 0.05) is 28.2 Å². The second-order valence-corrected chi connectivity index (χ2v) is 8.51. The molecule has 3 heterocycles. The molecule has 0 spiro atoms. The summed E-state index contributed by atoms with van der Waals surface area (Å²) in [6.07, 6.45) is 3.40. The lowest BCUT2D eigenvalue weighted by molar-refractivity contribution is 0.678. The van der Waals surface area contributed by atoms with Crippen molar-refractivity contribution < 1.29 is 4.21 Å². The number of pyridine rings is 1. The number of thiophene rings is 1. The Morgan fingerprint density at radius 3 is 2.58 bits per heavy atom. The molecule has 128 valence electrons. The minimum Gasteiger partial charge on any atom is -0.245 e. The van der Waals surface area contributed by atoms with Gasteiger partial charge in [-0.2, -0.15) is 5.26 Å². The van der Waals surface area contributed by atoms with Gasteiger partial charge in [0.15, 0.2) is 16.6 Å². The van der Waals surface area contributed by atoms with Crippen LogP contribution in [-0.4, -0.2) is 13.2 Å². The Hall–Kier alpha value is -2.75.